The molecule has 2 aliphatic rings. The van der Waals surface area contributed by atoms with Crippen molar-refractivity contribution in [3.8, 4) is 22.5 Å². The lowest BCUT2D eigenvalue weighted by Crippen LogP contribution is -2.47. The molecule has 4 aromatic rings. The van der Waals surface area contributed by atoms with Gasteiger partial charge in [0.2, 0.25) is 5.91 Å². The van der Waals surface area contributed by atoms with Crippen LogP contribution in [0.4, 0.5) is 10.2 Å². The number of H-pyrrole nitrogens is 1. The minimum Gasteiger partial charge on any atom is -0.387 e. The number of aryl methyl sites for hydroxylation is 1. The maximum absolute atomic E-state index is 14.3. The molecule has 4 aromatic heterocycles. The Kier molecular flexibility index (Phi) is 5.71. The number of nitrogens with one attached hydrogen (secondary N) is 1. The number of rotatable bonds is 5. The van der Waals surface area contributed by atoms with Gasteiger partial charge in [-0.15, -0.1) is 0 Å². The van der Waals surface area contributed by atoms with Crippen molar-refractivity contribution in [2.75, 3.05) is 12.3 Å². The van der Waals surface area contributed by atoms with Gasteiger partial charge in [0, 0.05) is 35.3 Å². The molecule has 4 N–H and O–H groups in total. The number of ketones is 1. The van der Waals surface area contributed by atoms with E-state index in [1.807, 2.05) is 0 Å². The smallest absolute Gasteiger partial charge is 0.248 e. The van der Waals surface area contributed by atoms with Crippen LogP contribution in [0.1, 0.15) is 60.3 Å². The monoisotopic (exact) mass is 518 g/mol. The number of nitrogens with two attached hydrogens (primary N) is 1. The number of aliphatic hydroxyl groups excluding tert-OH is 1. The minimum absolute atomic E-state index is 0.00958. The van der Waals surface area contributed by atoms with Crippen LogP contribution in [-0.2, 0) is 4.79 Å². The molecule has 2 saturated heterocycles. The summed E-state index contributed by atoms with van der Waals surface area (Å²) in [6.45, 7) is 2.55. The van der Waals surface area contributed by atoms with Gasteiger partial charge in [-0.05, 0) is 45.6 Å². The molecule has 2 bridgehead atoms. The minimum atomic E-state index is -0.508. The van der Waals surface area contributed by atoms with Crippen molar-refractivity contribution in [2.45, 2.75) is 57.5 Å². The van der Waals surface area contributed by atoms with Crippen LogP contribution in [0.25, 0.3) is 28.2 Å². The Labute approximate surface area is 216 Å². The fourth-order valence-corrected chi connectivity index (χ4v) is 6.06. The average molecular weight is 519 g/mol. The Morgan fingerprint density at radius 1 is 1.21 bits per heavy atom. The second-order valence-electron chi connectivity index (χ2n) is 10.1. The van der Waals surface area contributed by atoms with E-state index in [-0.39, 0.29) is 41.2 Å². The van der Waals surface area contributed by atoms with Crippen LogP contribution in [0.5, 0.6) is 0 Å². The molecular formula is C26H27FN8O3. The van der Waals surface area contributed by atoms with Gasteiger partial charge in [-0.25, -0.2) is 9.37 Å². The van der Waals surface area contributed by atoms with E-state index in [0.29, 0.717) is 52.3 Å². The fraction of sp³-hybridized carbons (Fsp3) is 0.385. The van der Waals surface area contributed by atoms with Gasteiger partial charge in [-0.1, -0.05) is 6.07 Å². The molecule has 6 heterocycles. The first-order valence-corrected chi connectivity index (χ1v) is 12.6. The lowest BCUT2D eigenvalue weighted by Gasteiger charge is -2.39. The first-order chi connectivity index (χ1) is 18.3. The van der Waals surface area contributed by atoms with Gasteiger partial charge in [0.05, 0.1) is 28.8 Å². The zero-order chi connectivity index (χ0) is 26.7. The van der Waals surface area contributed by atoms with E-state index in [1.54, 1.807) is 36.4 Å². The molecule has 0 unspecified atom stereocenters. The van der Waals surface area contributed by atoms with Crippen LogP contribution in [-0.4, -0.2) is 70.2 Å². The fourth-order valence-electron chi connectivity index (χ4n) is 6.06. The Balaban J connectivity index is 1.41. The largest absolute Gasteiger partial charge is 0.387 e. The van der Waals surface area contributed by atoms with Crippen molar-refractivity contribution in [1.82, 2.24) is 34.7 Å². The maximum atomic E-state index is 14.3. The molecule has 0 radical (unpaired) electrons. The average Bonchev–Trinajstić information content (AvgIpc) is 3.57. The summed E-state index contributed by atoms with van der Waals surface area (Å²) in [5, 5.41) is 20.4. The molecule has 2 fully saturated rings. The van der Waals surface area contributed by atoms with Crippen molar-refractivity contribution >= 4 is 23.2 Å². The highest BCUT2D eigenvalue weighted by Gasteiger charge is 2.44. The van der Waals surface area contributed by atoms with Crippen molar-refractivity contribution in [3.05, 3.63) is 47.3 Å². The standard InChI is InChI=1S/C26H27FN8O3/c1-12-22(27)24(33-32-12)19-6-3-14(9-29-19)18-10-30-35-25(28)21(13(2)37)23(31-26(18)35)15-7-16-4-5-17(8-15)34(16)20(38)11-36/h3,6,9-10,15-17,36H,4-5,7-8,11,28H2,1-2H3,(H,32,33)/t15-,16+,17-. The van der Waals surface area contributed by atoms with E-state index in [1.165, 1.54) is 11.4 Å². The Morgan fingerprint density at radius 2 is 1.95 bits per heavy atom. The number of carbonyl (C=O) groups is 2. The SMILES string of the molecule is CC(=O)c1c([C@H]2C[C@H]3CC[C@@H](C2)N3C(=O)CO)nc2c(-c3ccc(-c4n[nH]c(C)c4F)nc3)cnn2c1N. The molecule has 6 rings (SSSR count). The molecule has 196 valence electrons. The Bertz CT molecular complexity index is 1560. The van der Waals surface area contributed by atoms with Crippen LogP contribution in [0.2, 0.25) is 0 Å². The highest BCUT2D eigenvalue weighted by Crippen LogP contribution is 2.44. The third-order valence-corrected chi connectivity index (χ3v) is 7.80. The molecule has 2 aliphatic heterocycles. The van der Waals surface area contributed by atoms with Crippen LogP contribution in [0, 0.1) is 12.7 Å². The number of fused-ring (bicyclic) bond motifs is 3. The summed E-state index contributed by atoms with van der Waals surface area (Å²) in [6.07, 6.45) is 6.21. The number of pyridine rings is 1. The normalized spacial score (nSPS) is 20.8. The zero-order valence-corrected chi connectivity index (χ0v) is 21.0. The van der Waals surface area contributed by atoms with Gasteiger partial charge >= 0.3 is 0 Å². The summed E-state index contributed by atoms with van der Waals surface area (Å²) in [5.41, 5.74) is 10.2. The summed E-state index contributed by atoms with van der Waals surface area (Å²) in [5.74, 6) is -0.769. The molecule has 38 heavy (non-hydrogen) atoms. The van der Waals surface area contributed by atoms with E-state index in [4.69, 9.17) is 10.7 Å². The predicted molar refractivity (Wildman–Crippen MR) is 136 cm³/mol. The van der Waals surface area contributed by atoms with E-state index < -0.39 is 12.4 Å². The van der Waals surface area contributed by atoms with Crippen molar-refractivity contribution < 1.29 is 19.1 Å². The van der Waals surface area contributed by atoms with E-state index in [2.05, 4.69) is 20.3 Å². The summed E-state index contributed by atoms with van der Waals surface area (Å²) >= 11 is 0. The summed E-state index contributed by atoms with van der Waals surface area (Å²) in [4.78, 5) is 36.2. The van der Waals surface area contributed by atoms with E-state index in [0.717, 1.165) is 12.8 Å². The number of aliphatic hydroxyl groups is 1. The highest BCUT2D eigenvalue weighted by atomic mass is 19.1. The van der Waals surface area contributed by atoms with Crippen molar-refractivity contribution in [3.63, 3.8) is 0 Å². The van der Waals surface area contributed by atoms with Crippen LogP contribution < -0.4 is 5.73 Å². The number of amides is 1. The molecule has 1 amide bonds. The van der Waals surface area contributed by atoms with Crippen molar-refractivity contribution in [2.24, 2.45) is 0 Å². The number of Topliss-reactive ketones (excluding diaryl/α,β-unsaturated/α-hetero) is 1. The first-order valence-electron chi connectivity index (χ1n) is 12.6. The lowest BCUT2D eigenvalue weighted by molar-refractivity contribution is -0.138. The number of anilines is 1. The number of hydrogen-bond acceptors (Lipinski definition) is 8. The Hall–Kier alpha value is -4.19. The third-order valence-electron chi connectivity index (χ3n) is 7.80. The highest BCUT2D eigenvalue weighted by molar-refractivity contribution is 6.00. The van der Waals surface area contributed by atoms with Crippen LogP contribution >= 0.6 is 0 Å². The lowest BCUT2D eigenvalue weighted by atomic mass is 9.85. The summed E-state index contributed by atoms with van der Waals surface area (Å²) in [7, 11) is 0. The number of halogens is 1. The number of nitrogen functional groups attached to an aromatic ring is 1. The summed E-state index contributed by atoms with van der Waals surface area (Å²) < 4.78 is 15.8. The molecule has 12 heteroatoms. The molecule has 0 saturated carbocycles. The first kappa shape index (κ1) is 24.2. The quantitative estimate of drug-likeness (QED) is 0.341. The summed E-state index contributed by atoms with van der Waals surface area (Å²) in [6, 6.07) is 3.45. The topological polar surface area (TPSA) is 155 Å². The third kappa shape index (κ3) is 3.66. The zero-order valence-electron chi connectivity index (χ0n) is 21.0. The van der Waals surface area contributed by atoms with Crippen LogP contribution in [0.3, 0.4) is 0 Å². The van der Waals surface area contributed by atoms with Gasteiger partial charge in [-0.3, -0.25) is 19.7 Å². The number of nitrogens with zero attached hydrogens (tertiary/aromatic N) is 6. The number of aromatic amines is 1. The van der Waals surface area contributed by atoms with Gasteiger partial charge in [0.15, 0.2) is 17.2 Å². The second kappa shape index (κ2) is 8.98. The van der Waals surface area contributed by atoms with Crippen molar-refractivity contribution in [1.29, 1.82) is 0 Å². The maximum Gasteiger partial charge on any atom is 0.248 e. The van der Waals surface area contributed by atoms with Gasteiger partial charge in [0.25, 0.3) is 0 Å². The molecule has 3 atom stereocenters. The number of hydrogen-bond donors (Lipinski definition) is 3. The number of aromatic nitrogens is 6. The van der Waals surface area contributed by atoms with E-state index >= 15 is 0 Å². The molecule has 0 spiro atoms. The molecular weight excluding hydrogens is 491 g/mol. The van der Waals surface area contributed by atoms with Gasteiger partial charge in [-0.2, -0.15) is 14.7 Å². The second-order valence-corrected chi connectivity index (χ2v) is 10.1. The Morgan fingerprint density at radius 3 is 2.53 bits per heavy atom. The van der Waals surface area contributed by atoms with Crippen LogP contribution in [0.15, 0.2) is 24.5 Å². The molecule has 0 aromatic carbocycles. The molecule has 0 aliphatic carbocycles. The number of piperidine rings is 1. The van der Waals surface area contributed by atoms with E-state index in [9.17, 15) is 19.1 Å². The predicted octanol–water partition coefficient (Wildman–Crippen LogP) is 2.64. The van der Waals surface area contributed by atoms with Gasteiger partial charge in [0.1, 0.15) is 18.1 Å². The molecule has 11 nitrogen and oxygen atoms in total. The number of carbonyl (C=O) groups excluding carboxylic acids is 2. The van der Waals surface area contributed by atoms with Gasteiger partial charge < -0.3 is 15.7 Å².